The summed E-state index contributed by atoms with van der Waals surface area (Å²) in [4.78, 5) is 23.6. The first-order chi connectivity index (χ1) is 18.1. The van der Waals surface area contributed by atoms with Crippen LogP contribution in [0.3, 0.4) is 0 Å². The number of hydrogen-bond acceptors (Lipinski definition) is 6. The fourth-order valence-corrected chi connectivity index (χ4v) is 5.06. The molecule has 37 heavy (non-hydrogen) atoms. The Morgan fingerprint density at radius 3 is 2.57 bits per heavy atom. The summed E-state index contributed by atoms with van der Waals surface area (Å²) in [7, 11) is 0. The minimum absolute atomic E-state index is 0.0154. The first-order valence-electron chi connectivity index (χ1n) is 12.8. The molecule has 0 saturated carbocycles. The van der Waals surface area contributed by atoms with Crippen LogP contribution < -0.4 is 4.90 Å². The molecule has 0 spiro atoms. The van der Waals surface area contributed by atoms with Crippen molar-refractivity contribution in [1.29, 1.82) is 0 Å². The van der Waals surface area contributed by atoms with Gasteiger partial charge in [0.05, 0.1) is 5.69 Å². The predicted octanol–water partition coefficient (Wildman–Crippen LogP) is 5.32. The molecule has 1 fully saturated rings. The van der Waals surface area contributed by atoms with E-state index in [-0.39, 0.29) is 12.0 Å². The van der Waals surface area contributed by atoms with Crippen LogP contribution in [-0.4, -0.2) is 48.7 Å². The zero-order valence-electron chi connectivity index (χ0n) is 21.0. The molecule has 8 nitrogen and oxygen atoms in total. The zero-order chi connectivity index (χ0) is 25.4. The van der Waals surface area contributed by atoms with E-state index in [1.54, 1.807) is 6.20 Å². The van der Waals surface area contributed by atoms with Crippen LogP contribution in [0.1, 0.15) is 32.7 Å². The highest BCUT2D eigenvalue weighted by molar-refractivity contribution is 5.98. The normalized spacial score (nSPS) is 16.0. The maximum Gasteiger partial charge on any atom is 0.200 e. The molecule has 1 aromatic carbocycles. The number of carbonyl (C=O) groups excluding carboxylic acids is 1. The van der Waals surface area contributed by atoms with Crippen LogP contribution in [0, 0.1) is 5.92 Å². The summed E-state index contributed by atoms with van der Waals surface area (Å²) in [5.74, 6) is 1.35. The van der Waals surface area contributed by atoms with Crippen LogP contribution in [0.25, 0.3) is 39.4 Å². The minimum Gasteiger partial charge on any atom is -0.354 e. The summed E-state index contributed by atoms with van der Waals surface area (Å²) < 4.78 is 3.89. The van der Waals surface area contributed by atoms with Crippen molar-refractivity contribution in [3.05, 3.63) is 73.2 Å². The Hall–Kier alpha value is -4.33. The lowest BCUT2D eigenvalue weighted by atomic mass is 9.98. The molecule has 0 N–H and O–H groups in total. The van der Waals surface area contributed by atoms with Gasteiger partial charge in [0.2, 0.25) is 5.82 Å². The van der Waals surface area contributed by atoms with E-state index in [0.29, 0.717) is 18.1 Å². The van der Waals surface area contributed by atoms with Gasteiger partial charge in [-0.05, 0) is 50.5 Å². The fraction of sp³-hybridized carbons (Fsp3) is 0.276. The molecular weight excluding hydrogens is 462 g/mol. The Kier molecular flexibility index (Phi) is 6.00. The van der Waals surface area contributed by atoms with Crippen LogP contribution in [0.2, 0.25) is 0 Å². The van der Waals surface area contributed by atoms with E-state index >= 15 is 0 Å². The van der Waals surface area contributed by atoms with Crippen molar-refractivity contribution < 1.29 is 4.79 Å². The molecular formula is C29H29N7O. The van der Waals surface area contributed by atoms with Gasteiger partial charge in [-0.15, -0.1) is 5.10 Å². The Morgan fingerprint density at radius 2 is 1.84 bits per heavy atom. The van der Waals surface area contributed by atoms with E-state index in [1.165, 1.54) is 0 Å². The highest BCUT2D eigenvalue weighted by Gasteiger charge is 2.28. The molecule has 5 aromatic rings. The molecule has 8 heteroatoms. The van der Waals surface area contributed by atoms with Gasteiger partial charge in [-0.3, -0.25) is 9.67 Å². The van der Waals surface area contributed by atoms with Crippen LogP contribution in [0.4, 0.5) is 5.82 Å². The summed E-state index contributed by atoms with van der Waals surface area (Å²) in [6, 6.07) is 18.4. The third-order valence-corrected chi connectivity index (χ3v) is 6.93. The monoisotopic (exact) mass is 491 g/mol. The van der Waals surface area contributed by atoms with Gasteiger partial charge in [0, 0.05) is 54.8 Å². The van der Waals surface area contributed by atoms with Crippen molar-refractivity contribution in [1.82, 2.24) is 29.4 Å². The Labute approximate surface area is 215 Å². The molecule has 1 saturated heterocycles. The third kappa shape index (κ3) is 4.28. The zero-order valence-corrected chi connectivity index (χ0v) is 21.0. The average molecular weight is 492 g/mol. The van der Waals surface area contributed by atoms with Gasteiger partial charge in [0.1, 0.15) is 17.5 Å². The van der Waals surface area contributed by atoms with Crippen LogP contribution >= 0.6 is 0 Å². The lowest BCUT2D eigenvalue weighted by molar-refractivity contribution is -0.111. The number of aldehydes is 1. The molecule has 1 aliphatic heterocycles. The summed E-state index contributed by atoms with van der Waals surface area (Å²) in [5, 5.41) is 9.82. The summed E-state index contributed by atoms with van der Waals surface area (Å²) in [6.07, 6.45) is 8.72. The Morgan fingerprint density at radius 1 is 1.00 bits per heavy atom. The molecule has 0 aliphatic carbocycles. The topological polar surface area (TPSA) is 81.2 Å². The van der Waals surface area contributed by atoms with Crippen LogP contribution in [-0.2, 0) is 4.79 Å². The second kappa shape index (κ2) is 9.61. The van der Waals surface area contributed by atoms with Crippen molar-refractivity contribution in [2.45, 2.75) is 32.7 Å². The second-order valence-electron chi connectivity index (χ2n) is 9.81. The summed E-state index contributed by atoms with van der Waals surface area (Å²) in [5.41, 5.74) is 5.58. The second-order valence-corrected chi connectivity index (χ2v) is 9.81. The standard InChI is InChI=1S/C29H29N7O/c1-20(2)35-16-13-24(32-35)23-18-36-27(26(23)22-10-4-3-5-11-22)29(34-15-8-9-21(17-34)19-37)31-28(33-36)25-12-6-7-14-30-25/h3-7,10-14,16,18-21H,8-9,15,17H2,1-2H3. The van der Waals surface area contributed by atoms with Crippen LogP contribution in [0.5, 0.6) is 0 Å². The number of anilines is 1. The lowest BCUT2D eigenvalue weighted by Gasteiger charge is -2.32. The maximum absolute atomic E-state index is 11.7. The summed E-state index contributed by atoms with van der Waals surface area (Å²) >= 11 is 0. The van der Waals surface area contributed by atoms with Gasteiger partial charge in [0.25, 0.3) is 0 Å². The number of benzene rings is 1. The first-order valence-corrected chi connectivity index (χ1v) is 12.8. The van der Waals surface area contributed by atoms with Crippen molar-refractivity contribution in [3.8, 4) is 33.9 Å². The third-order valence-electron chi connectivity index (χ3n) is 6.93. The van der Waals surface area contributed by atoms with Crippen molar-refractivity contribution >= 4 is 17.6 Å². The fourth-order valence-electron chi connectivity index (χ4n) is 5.06. The first kappa shape index (κ1) is 23.1. The van der Waals surface area contributed by atoms with Gasteiger partial charge in [0.15, 0.2) is 5.82 Å². The van der Waals surface area contributed by atoms with E-state index in [2.05, 4.69) is 41.9 Å². The van der Waals surface area contributed by atoms with Gasteiger partial charge < -0.3 is 9.69 Å². The van der Waals surface area contributed by atoms with E-state index in [9.17, 15) is 4.79 Å². The molecule has 6 rings (SSSR count). The average Bonchev–Trinajstić information content (AvgIpc) is 3.59. The number of piperidine rings is 1. The molecule has 1 atom stereocenters. The van der Waals surface area contributed by atoms with Gasteiger partial charge >= 0.3 is 0 Å². The van der Waals surface area contributed by atoms with Gasteiger partial charge in [-0.25, -0.2) is 9.50 Å². The molecule has 186 valence electrons. The maximum atomic E-state index is 11.7. The number of aromatic nitrogens is 6. The molecule has 0 bridgehead atoms. The molecule has 0 amide bonds. The number of carbonyl (C=O) groups is 1. The number of pyridine rings is 1. The predicted molar refractivity (Wildman–Crippen MR) is 144 cm³/mol. The van der Waals surface area contributed by atoms with Crippen molar-refractivity contribution in [2.24, 2.45) is 5.92 Å². The van der Waals surface area contributed by atoms with Crippen molar-refractivity contribution in [2.75, 3.05) is 18.0 Å². The molecule has 4 aromatic heterocycles. The van der Waals surface area contributed by atoms with E-state index in [1.807, 2.05) is 58.0 Å². The van der Waals surface area contributed by atoms with E-state index in [0.717, 1.165) is 59.4 Å². The van der Waals surface area contributed by atoms with E-state index in [4.69, 9.17) is 15.2 Å². The SMILES string of the molecule is CC(C)n1ccc(-c2cn3nc(-c4ccccn4)nc(N4CCCC(C=O)C4)c3c2-c2ccccc2)n1. The quantitative estimate of drug-likeness (QED) is 0.299. The Balaban J connectivity index is 1.65. The Bertz CT molecular complexity index is 1540. The van der Waals surface area contributed by atoms with Gasteiger partial charge in [-0.2, -0.15) is 5.10 Å². The lowest BCUT2D eigenvalue weighted by Crippen LogP contribution is -2.37. The number of rotatable bonds is 6. The number of nitrogens with zero attached hydrogens (tertiary/aromatic N) is 7. The molecule has 1 aliphatic rings. The van der Waals surface area contributed by atoms with Gasteiger partial charge in [-0.1, -0.05) is 36.4 Å². The van der Waals surface area contributed by atoms with Crippen LogP contribution in [0.15, 0.2) is 73.2 Å². The van der Waals surface area contributed by atoms with Crippen molar-refractivity contribution in [3.63, 3.8) is 0 Å². The molecule has 5 heterocycles. The summed E-state index contributed by atoms with van der Waals surface area (Å²) in [6.45, 7) is 5.70. The number of hydrogen-bond donors (Lipinski definition) is 0. The molecule has 1 unspecified atom stereocenters. The highest BCUT2D eigenvalue weighted by atomic mass is 16.1. The largest absolute Gasteiger partial charge is 0.354 e. The number of fused-ring (bicyclic) bond motifs is 1. The molecule has 0 radical (unpaired) electrons. The smallest absolute Gasteiger partial charge is 0.200 e. The minimum atomic E-state index is -0.0154. The van der Waals surface area contributed by atoms with E-state index < -0.39 is 0 Å². The highest BCUT2D eigenvalue weighted by Crippen LogP contribution is 2.41.